The lowest BCUT2D eigenvalue weighted by atomic mass is 10.1. The predicted molar refractivity (Wildman–Crippen MR) is 86.4 cm³/mol. The van der Waals surface area contributed by atoms with Gasteiger partial charge in [-0.15, -0.1) is 0 Å². The van der Waals surface area contributed by atoms with Crippen LogP contribution in [0.3, 0.4) is 0 Å². The number of hydroxylamine groups is 2. The van der Waals surface area contributed by atoms with E-state index in [1.54, 1.807) is 42.5 Å². The molecule has 7 heteroatoms. The summed E-state index contributed by atoms with van der Waals surface area (Å²) in [6.07, 6.45) is 0. The molecule has 0 bridgehead atoms. The molecule has 7 nitrogen and oxygen atoms in total. The van der Waals surface area contributed by atoms with Gasteiger partial charge in [-0.2, -0.15) is 0 Å². The van der Waals surface area contributed by atoms with Gasteiger partial charge in [-0.1, -0.05) is 35.4 Å². The summed E-state index contributed by atoms with van der Waals surface area (Å²) in [7, 11) is 1.43. The Labute approximate surface area is 143 Å². The first-order valence-electron chi connectivity index (χ1n) is 7.48. The molecule has 0 aliphatic carbocycles. The molecule has 0 unspecified atom stereocenters. The molecule has 126 valence electrons. The number of rotatable bonds is 4. The Morgan fingerprint density at radius 1 is 0.920 bits per heavy atom. The quantitative estimate of drug-likeness (QED) is 0.789. The molecular formula is C18H14N2O5. The minimum Gasteiger partial charge on any atom is -0.330 e. The molecule has 0 saturated carbocycles. The molecule has 0 radical (unpaired) electrons. The van der Waals surface area contributed by atoms with E-state index in [9.17, 15) is 19.2 Å². The van der Waals surface area contributed by atoms with Crippen LogP contribution in [-0.2, 0) is 9.63 Å². The first-order valence-corrected chi connectivity index (χ1v) is 7.48. The summed E-state index contributed by atoms with van der Waals surface area (Å²) in [5, 5.41) is 0.424. The summed E-state index contributed by atoms with van der Waals surface area (Å²) in [4.78, 5) is 54.5. The Kier molecular flexibility index (Phi) is 4.30. The fourth-order valence-electron chi connectivity index (χ4n) is 2.45. The Bertz CT molecular complexity index is 828. The van der Waals surface area contributed by atoms with E-state index in [2.05, 4.69) is 0 Å². The van der Waals surface area contributed by atoms with Crippen molar-refractivity contribution in [3.8, 4) is 0 Å². The molecule has 1 aliphatic heterocycles. The third-order valence-corrected chi connectivity index (χ3v) is 3.68. The van der Waals surface area contributed by atoms with Crippen LogP contribution in [0.1, 0.15) is 31.1 Å². The monoisotopic (exact) mass is 338 g/mol. The van der Waals surface area contributed by atoms with Gasteiger partial charge in [0.05, 0.1) is 11.1 Å². The van der Waals surface area contributed by atoms with Crippen molar-refractivity contribution < 1.29 is 24.0 Å². The highest BCUT2D eigenvalue weighted by Gasteiger charge is 2.38. The number of likely N-dealkylation sites (N-methyl/N-ethyl adjacent to an activating group) is 1. The highest BCUT2D eigenvalue weighted by Crippen LogP contribution is 2.22. The normalized spacial score (nSPS) is 12.8. The lowest BCUT2D eigenvalue weighted by Crippen LogP contribution is -2.38. The lowest BCUT2D eigenvalue weighted by molar-refractivity contribution is -0.168. The number of hydrogen-bond acceptors (Lipinski definition) is 5. The van der Waals surface area contributed by atoms with Crippen LogP contribution in [0.15, 0.2) is 54.6 Å². The average Bonchev–Trinajstić information content (AvgIpc) is 2.87. The fraction of sp³-hybridized carbons (Fsp3) is 0.111. The van der Waals surface area contributed by atoms with Gasteiger partial charge in [0.1, 0.15) is 6.54 Å². The van der Waals surface area contributed by atoms with E-state index >= 15 is 0 Å². The van der Waals surface area contributed by atoms with E-state index in [0.29, 0.717) is 10.6 Å². The number of fused-ring (bicyclic) bond motifs is 1. The van der Waals surface area contributed by atoms with Crippen LogP contribution in [0.5, 0.6) is 0 Å². The van der Waals surface area contributed by atoms with Crippen LogP contribution >= 0.6 is 0 Å². The van der Waals surface area contributed by atoms with Crippen LogP contribution < -0.4 is 0 Å². The van der Waals surface area contributed by atoms with Crippen molar-refractivity contribution in [3.05, 3.63) is 71.3 Å². The molecule has 0 fully saturated rings. The standard InChI is InChI=1S/C18H14N2O5/c1-19(16(22)12-7-3-2-4-8-12)11-15(21)25-20-17(23)13-9-5-6-10-14(13)18(20)24/h2-10H,11H2,1H3. The van der Waals surface area contributed by atoms with Crippen LogP contribution in [0.4, 0.5) is 0 Å². The van der Waals surface area contributed by atoms with E-state index in [0.717, 1.165) is 4.90 Å². The number of carbonyl (C=O) groups is 4. The minimum absolute atomic E-state index is 0.175. The highest BCUT2D eigenvalue weighted by molar-refractivity contribution is 6.20. The van der Waals surface area contributed by atoms with Crippen LogP contribution in [0.25, 0.3) is 0 Å². The zero-order valence-electron chi connectivity index (χ0n) is 13.3. The Balaban J connectivity index is 1.65. The second kappa shape index (κ2) is 6.56. The van der Waals surface area contributed by atoms with Crippen molar-refractivity contribution >= 4 is 23.7 Å². The van der Waals surface area contributed by atoms with Gasteiger partial charge in [-0.05, 0) is 24.3 Å². The van der Waals surface area contributed by atoms with Gasteiger partial charge in [0, 0.05) is 12.6 Å². The molecule has 0 aromatic heterocycles. The van der Waals surface area contributed by atoms with Gasteiger partial charge in [0.2, 0.25) is 0 Å². The summed E-state index contributed by atoms with van der Waals surface area (Å²) in [5.74, 6) is -2.67. The maximum Gasteiger partial charge on any atom is 0.352 e. The topological polar surface area (TPSA) is 84.0 Å². The summed E-state index contributed by atoms with van der Waals surface area (Å²) in [6, 6.07) is 14.6. The molecule has 2 aromatic rings. The number of imide groups is 1. The summed E-state index contributed by atoms with van der Waals surface area (Å²) < 4.78 is 0. The van der Waals surface area contributed by atoms with Crippen LogP contribution in [-0.4, -0.2) is 47.2 Å². The molecule has 0 atom stereocenters. The SMILES string of the molecule is CN(CC(=O)ON1C(=O)c2ccccc2C1=O)C(=O)c1ccccc1. The van der Waals surface area contributed by atoms with Crippen LogP contribution in [0.2, 0.25) is 0 Å². The second-order valence-electron chi connectivity index (χ2n) is 5.44. The highest BCUT2D eigenvalue weighted by atomic mass is 16.7. The van der Waals surface area contributed by atoms with Crippen LogP contribution in [0, 0.1) is 0 Å². The third-order valence-electron chi connectivity index (χ3n) is 3.68. The maximum absolute atomic E-state index is 12.2. The summed E-state index contributed by atoms with van der Waals surface area (Å²) >= 11 is 0. The van der Waals surface area contributed by atoms with E-state index in [-0.39, 0.29) is 17.0 Å². The fourth-order valence-corrected chi connectivity index (χ4v) is 2.45. The van der Waals surface area contributed by atoms with Crippen molar-refractivity contribution in [3.63, 3.8) is 0 Å². The predicted octanol–water partition coefficient (Wildman–Crippen LogP) is 1.51. The number of carbonyl (C=O) groups excluding carboxylic acids is 4. The number of benzene rings is 2. The van der Waals surface area contributed by atoms with Crippen molar-refractivity contribution in [2.45, 2.75) is 0 Å². The van der Waals surface area contributed by atoms with Gasteiger partial charge in [0.15, 0.2) is 0 Å². The molecule has 0 N–H and O–H groups in total. The Morgan fingerprint density at radius 2 is 1.44 bits per heavy atom. The molecule has 1 heterocycles. The molecule has 3 amide bonds. The molecule has 1 aliphatic rings. The molecule has 3 rings (SSSR count). The Hall–Kier alpha value is -3.48. The van der Waals surface area contributed by atoms with Gasteiger partial charge >= 0.3 is 5.97 Å². The van der Waals surface area contributed by atoms with Crippen molar-refractivity contribution in [1.82, 2.24) is 9.96 Å². The first kappa shape index (κ1) is 16.4. The van der Waals surface area contributed by atoms with Gasteiger partial charge in [-0.25, -0.2) is 4.79 Å². The molecule has 2 aromatic carbocycles. The van der Waals surface area contributed by atoms with Crippen molar-refractivity contribution in [2.75, 3.05) is 13.6 Å². The largest absolute Gasteiger partial charge is 0.352 e. The molecule has 25 heavy (non-hydrogen) atoms. The number of hydrogen-bond donors (Lipinski definition) is 0. The molecular weight excluding hydrogens is 324 g/mol. The number of nitrogens with zero attached hydrogens (tertiary/aromatic N) is 2. The summed E-state index contributed by atoms with van der Waals surface area (Å²) in [5.41, 5.74) is 0.765. The molecule has 0 spiro atoms. The van der Waals surface area contributed by atoms with E-state index in [4.69, 9.17) is 4.84 Å². The van der Waals surface area contributed by atoms with Crippen molar-refractivity contribution in [2.24, 2.45) is 0 Å². The van der Waals surface area contributed by atoms with Crippen molar-refractivity contribution in [1.29, 1.82) is 0 Å². The van der Waals surface area contributed by atoms with Gasteiger partial charge < -0.3 is 9.74 Å². The first-order chi connectivity index (χ1) is 12.0. The van der Waals surface area contributed by atoms with Gasteiger partial charge in [-0.3, -0.25) is 14.4 Å². The molecule has 0 saturated heterocycles. The smallest absolute Gasteiger partial charge is 0.330 e. The lowest BCUT2D eigenvalue weighted by Gasteiger charge is -2.18. The maximum atomic E-state index is 12.2. The van der Waals surface area contributed by atoms with E-state index < -0.39 is 24.3 Å². The third kappa shape index (κ3) is 3.12. The zero-order valence-corrected chi connectivity index (χ0v) is 13.3. The van der Waals surface area contributed by atoms with E-state index in [1.807, 2.05) is 0 Å². The summed E-state index contributed by atoms with van der Waals surface area (Å²) in [6.45, 7) is -0.402. The van der Waals surface area contributed by atoms with Gasteiger partial charge in [0.25, 0.3) is 17.7 Å². The second-order valence-corrected chi connectivity index (χ2v) is 5.44. The Morgan fingerprint density at radius 3 is 2.00 bits per heavy atom. The van der Waals surface area contributed by atoms with E-state index in [1.165, 1.54) is 19.2 Å². The minimum atomic E-state index is -0.888. The average molecular weight is 338 g/mol. The zero-order chi connectivity index (χ0) is 18.0. The number of amides is 3.